The van der Waals surface area contributed by atoms with Crippen molar-refractivity contribution in [1.29, 1.82) is 0 Å². The van der Waals surface area contributed by atoms with Gasteiger partial charge < -0.3 is 32.7 Å². The molecule has 42 heavy (non-hydrogen) atoms. The number of nitrogens with zero attached hydrogens (tertiary/aromatic N) is 2. The van der Waals surface area contributed by atoms with E-state index in [1.165, 1.54) is 17.4 Å². The van der Waals surface area contributed by atoms with Crippen LogP contribution >= 0.6 is 0 Å². The van der Waals surface area contributed by atoms with Gasteiger partial charge in [-0.3, -0.25) is 4.98 Å². The summed E-state index contributed by atoms with van der Waals surface area (Å²) >= 11 is 0. The summed E-state index contributed by atoms with van der Waals surface area (Å²) in [5.41, 5.74) is 0.0578. The zero-order valence-corrected chi connectivity index (χ0v) is 23.1. The molecular weight excluding hydrogens is 548 g/mol. The first-order valence-corrected chi connectivity index (χ1v) is 12.4. The minimum atomic E-state index is -1.26. The van der Waals surface area contributed by atoms with E-state index in [4.69, 9.17) is 27.8 Å². The lowest BCUT2D eigenvalue weighted by Crippen LogP contribution is -2.31. The van der Waals surface area contributed by atoms with Gasteiger partial charge in [0.15, 0.2) is 11.5 Å². The molecule has 0 aliphatic rings. The molecule has 0 aliphatic carbocycles. The van der Waals surface area contributed by atoms with Crippen LogP contribution in [0.15, 0.2) is 93.6 Å². The number of rotatable bonds is 10. The molecule has 0 bridgehead atoms. The van der Waals surface area contributed by atoms with Crippen LogP contribution in [0.4, 0.5) is 11.4 Å². The Morgan fingerprint density at radius 2 is 1.55 bits per heavy atom. The Morgan fingerprint density at radius 1 is 0.833 bits per heavy atom. The Balaban J connectivity index is 2.21. The Labute approximate surface area is 240 Å². The van der Waals surface area contributed by atoms with Crippen LogP contribution in [0.2, 0.25) is 0 Å². The fraction of sp³-hybridized carbons (Fsp3) is 0.167. The molecule has 0 fully saturated rings. The van der Waals surface area contributed by atoms with Gasteiger partial charge >= 0.3 is 23.9 Å². The van der Waals surface area contributed by atoms with Crippen LogP contribution < -0.4 is 4.90 Å². The Morgan fingerprint density at radius 3 is 2.12 bits per heavy atom. The third-order valence-electron chi connectivity index (χ3n) is 6.08. The van der Waals surface area contributed by atoms with Crippen LogP contribution in [0.3, 0.4) is 0 Å². The number of para-hydroxylation sites is 1. The molecule has 12 heteroatoms. The number of furan rings is 2. The molecule has 3 heterocycles. The van der Waals surface area contributed by atoms with Gasteiger partial charge in [0, 0.05) is 18.0 Å². The zero-order chi connectivity index (χ0) is 30.2. The number of hydrogen-bond donors (Lipinski definition) is 0. The quantitative estimate of drug-likeness (QED) is 0.147. The number of pyridine rings is 1. The van der Waals surface area contributed by atoms with Gasteiger partial charge in [0.1, 0.15) is 17.3 Å². The Bertz CT molecular complexity index is 1590. The molecule has 4 rings (SSSR count). The summed E-state index contributed by atoms with van der Waals surface area (Å²) in [7, 11) is 4.56. The van der Waals surface area contributed by atoms with E-state index in [1.807, 2.05) is 0 Å². The molecule has 0 spiro atoms. The standard InChI is InChI=1S/C30H26N2O10/c1-37-22(33)17-19(28(34)38-2)24(20-13-8-9-15-31-20)32(18-11-6-5-7-12-18)25-23(29(35)39-3)27(30(36)40-4)42-26(25)21-14-10-16-41-21/h5-17,24H,1-4H3/b19-17-. The van der Waals surface area contributed by atoms with Crippen molar-refractivity contribution in [3.63, 3.8) is 0 Å². The topological polar surface area (TPSA) is 148 Å². The third-order valence-corrected chi connectivity index (χ3v) is 6.08. The molecule has 0 saturated heterocycles. The molecule has 1 atom stereocenters. The van der Waals surface area contributed by atoms with E-state index in [1.54, 1.807) is 60.7 Å². The maximum atomic E-state index is 13.4. The highest BCUT2D eigenvalue weighted by Crippen LogP contribution is 2.48. The first kappa shape index (κ1) is 29.3. The first-order chi connectivity index (χ1) is 20.4. The monoisotopic (exact) mass is 574 g/mol. The highest BCUT2D eigenvalue weighted by molar-refractivity contribution is 6.09. The second-order valence-corrected chi connectivity index (χ2v) is 8.42. The second-order valence-electron chi connectivity index (χ2n) is 8.42. The molecule has 12 nitrogen and oxygen atoms in total. The van der Waals surface area contributed by atoms with Gasteiger partial charge in [-0.1, -0.05) is 24.3 Å². The van der Waals surface area contributed by atoms with E-state index in [-0.39, 0.29) is 34.0 Å². The van der Waals surface area contributed by atoms with E-state index >= 15 is 0 Å². The Kier molecular flexibility index (Phi) is 9.17. The van der Waals surface area contributed by atoms with Crippen LogP contribution in [0.5, 0.6) is 0 Å². The van der Waals surface area contributed by atoms with E-state index in [0.29, 0.717) is 5.69 Å². The molecule has 0 amide bonds. The number of aromatic nitrogens is 1. The van der Waals surface area contributed by atoms with Crippen molar-refractivity contribution in [2.75, 3.05) is 33.3 Å². The minimum Gasteiger partial charge on any atom is -0.466 e. The number of ether oxygens (including phenoxy) is 4. The fourth-order valence-corrected chi connectivity index (χ4v) is 4.27. The van der Waals surface area contributed by atoms with Crippen LogP contribution in [0, 0.1) is 0 Å². The molecule has 0 saturated carbocycles. The molecule has 1 unspecified atom stereocenters. The summed E-state index contributed by atoms with van der Waals surface area (Å²) < 4.78 is 31.5. The second kappa shape index (κ2) is 13.1. The number of anilines is 2. The van der Waals surface area contributed by atoms with Crippen molar-refractivity contribution >= 4 is 35.3 Å². The normalized spacial score (nSPS) is 11.8. The SMILES string of the molecule is COC(=O)/C=C(\C(=O)OC)C(c1ccccn1)N(c1ccccc1)c1c(-c2ccco2)oc(C(=O)OC)c1C(=O)OC. The molecule has 216 valence electrons. The van der Waals surface area contributed by atoms with Crippen LogP contribution in [-0.2, 0) is 28.5 Å². The summed E-state index contributed by atoms with van der Waals surface area (Å²) in [5, 5.41) is 0. The third kappa shape index (κ3) is 5.77. The zero-order valence-electron chi connectivity index (χ0n) is 23.1. The van der Waals surface area contributed by atoms with Crippen LogP contribution in [-0.4, -0.2) is 57.3 Å². The molecular formula is C30H26N2O10. The number of esters is 4. The lowest BCUT2D eigenvalue weighted by atomic mass is 9.97. The van der Waals surface area contributed by atoms with Gasteiger partial charge in [-0.25, -0.2) is 19.2 Å². The summed E-state index contributed by atoms with van der Waals surface area (Å²) in [6.45, 7) is 0. The van der Waals surface area contributed by atoms with Gasteiger partial charge in [-0.05, 0) is 36.4 Å². The molecule has 3 aromatic heterocycles. The van der Waals surface area contributed by atoms with Crippen molar-refractivity contribution in [3.8, 4) is 11.5 Å². The van der Waals surface area contributed by atoms with Gasteiger partial charge in [0.2, 0.25) is 5.76 Å². The highest BCUT2D eigenvalue weighted by Gasteiger charge is 2.41. The molecule has 4 aromatic rings. The Hall–Kier alpha value is -5.65. The number of hydrogen-bond acceptors (Lipinski definition) is 12. The van der Waals surface area contributed by atoms with Crippen molar-refractivity contribution in [1.82, 2.24) is 4.98 Å². The summed E-state index contributed by atoms with van der Waals surface area (Å²) in [6, 6.07) is 15.4. The number of carbonyl (C=O) groups is 4. The van der Waals surface area contributed by atoms with E-state index in [0.717, 1.165) is 34.5 Å². The van der Waals surface area contributed by atoms with Gasteiger partial charge in [-0.2, -0.15) is 0 Å². The van der Waals surface area contributed by atoms with E-state index in [2.05, 4.69) is 4.98 Å². The number of methoxy groups -OCH3 is 4. The molecule has 0 N–H and O–H groups in total. The number of benzene rings is 1. The average Bonchev–Trinajstić information content (AvgIpc) is 3.71. The molecule has 0 aliphatic heterocycles. The van der Waals surface area contributed by atoms with Gasteiger partial charge in [-0.15, -0.1) is 0 Å². The largest absolute Gasteiger partial charge is 0.466 e. The van der Waals surface area contributed by atoms with E-state index in [9.17, 15) is 19.2 Å². The first-order valence-electron chi connectivity index (χ1n) is 12.4. The van der Waals surface area contributed by atoms with Crippen molar-refractivity contribution < 1.29 is 47.0 Å². The van der Waals surface area contributed by atoms with Crippen molar-refractivity contribution in [2.45, 2.75) is 6.04 Å². The summed E-state index contributed by atoms with van der Waals surface area (Å²) in [5.74, 6) is -4.11. The lowest BCUT2D eigenvalue weighted by molar-refractivity contribution is -0.138. The van der Waals surface area contributed by atoms with E-state index < -0.39 is 35.7 Å². The predicted molar refractivity (Wildman–Crippen MR) is 147 cm³/mol. The highest BCUT2D eigenvalue weighted by atomic mass is 16.5. The van der Waals surface area contributed by atoms with Crippen LogP contribution in [0.1, 0.15) is 32.6 Å². The molecule has 0 radical (unpaired) electrons. The van der Waals surface area contributed by atoms with Gasteiger partial charge in [0.05, 0.1) is 46.0 Å². The van der Waals surface area contributed by atoms with Crippen molar-refractivity contribution in [3.05, 3.63) is 102 Å². The summed E-state index contributed by atoms with van der Waals surface area (Å²) in [6.07, 6.45) is 3.83. The maximum absolute atomic E-state index is 13.4. The van der Waals surface area contributed by atoms with Gasteiger partial charge in [0.25, 0.3) is 0 Å². The number of carbonyl (C=O) groups excluding carboxylic acids is 4. The maximum Gasteiger partial charge on any atom is 0.374 e. The molecule has 1 aromatic carbocycles. The fourth-order valence-electron chi connectivity index (χ4n) is 4.27. The van der Waals surface area contributed by atoms with Crippen LogP contribution in [0.25, 0.3) is 11.5 Å². The lowest BCUT2D eigenvalue weighted by Gasteiger charge is -2.34. The summed E-state index contributed by atoms with van der Waals surface area (Å²) in [4.78, 5) is 58.2. The predicted octanol–water partition coefficient (Wildman–Crippen LogP) is 4.66. The smallest absolute Gasteiger partial charge is 0.374 e. The van der Waals surface area contributed by atoms with Crippen molar-refractivity contribution in [2.24, 2.45) is 0 Å². The average molecular weight is 575 g/mol. The minimum absolute atomic E-state index is 0.0429.